The molecule has 7 nitrogen and oxygen atoms in total. The largest absolute Gasteiger partial charge is 0.426 e. The van der Waals surface area contributed by atoms with Gasteiger partial charge in [0.05, 0.1) is 23.4 Å². The van der Waals surface area contributed by atoms with Crippen LogP contribution >= 0.6 is 0 Å². The zero-order chi connectivity index (χ0) is 24.0. The average molecular weight is 459 g/mol. The number of fused-ring (bicyclic) bond motifs is 1. The standard InChI is InChI=1S/C27H26N2O5/c1-16-6-8-19(9-7-16)28-15-18(14-23(28)30)27(33)34-21-12-10-20(11-13-21)29-25(31)22-5-3-4-17(2)24(22)26(29)32/h3-4,6-13,17-18,22,24H,5,14-15H2,1-2H3/t17-,18-,22+,24+/m1/s1. The zero-order valence-corrected chi connectivity index (χ0v) is 19.1. The molecule has 0 aromatic heterocycles. The molecule has 174 valence electrons. The minimum absolute atomic E-state index is 0.0222. The van der Waals surface area contributed by atoms with Gasteiger partial charge in [0.15, 0.2) is 0 Å². The minimum atomic E-state index is -0.563. The van der Waals surface area contributed by atoms with Crippen molar-refractivity contribution in [3.8, 4) is 5.75 Å². The third-order valence-electron chi connectivity index (χ3n) is 6.99. The number of aryl methyl sites for hydroxylation is 1. The van der Waals surface area contributed by atoms with Gasteiger partial charge < -0.3 is 9.64 Å². The maximum absolute atomic E-state index is 12.9. The van der Waals surface area contributed by atoms with Gasteiger partial charge in [-0.25, -0.2) is 0 Å². The van der Waals surface area contributed by atoms with Crippen molar-refractivity contribution in [1.82, 2.24) is 0 Å². The predicted octanol–water partition coefficient (Wildman–Crippen LogP) is 3.66. The number of hydrogen-bond acceptors (Lipinski definition) is 5. The van der Waals surface area contributed by atoms with Gasteiger partial charge in [0, 0.05) is 18.7 Å². The highest BCUT2D eigenvalue weighted by atomic mass is 16.5. The lowest BCUT2D eigenvalue weighted by atomic mass is 9.78. The second-order valence-electron chi connectivity index (χ2n) is 9.32. The maximum atomic E-state index is 12.9. The van der Waals surface area contributed by atoms with E-state index in [9.17, 15) is 19.2 Å². The van der Waals surface area contributed by atoms with Gasteiger partial charge in [-0.3, -0.25) is 24.1 Å². The Morgan fingerprint density at radius 3 is 2.29 bits per heavy atom. The summed E-state index contributed by atoms with van der Waals surface area (Å²) in [7, 11) is 0. The van der Waals surface area contributed by atoms with Gasteiger partial charge in [0.25, 0.3) is 0 Å². The number of nitrogens with zero attached hydrogens (tertiary/aromatic N) is 2. The molecule has 0 N–H and O–H groups in total. The van der Waals surface area contributed by atoms with Crippen molar-refractivity contribution < 1.29 is 23.9 Å². The van der Waals surface area contributed by atoms with Crippen LogP contribution in [0.1, 0.15) is 25.3 Å². The van der Waals surface area contributed by atoms with E-state index in [0.29, 0.717) is 17.9 Å². The topological polar surface area (TPSA) is 84.0 Å². The number of anilines is 2. The Kier molecular flexibility index (Phi) is 5.55. The molecule has 2 saturated heterocycles. The van der Waals surface area contributed by atoms with E-state index < -0.39 is 11.9 Å². The highest BCUT2D eigenvalue weighted by molar-refractivity contribution is 6.22. The molecule has 2 fully saturated rings. The van der Waals surface area contributed by atoms with E-state index in [1.807, 2.05) is 50.3 Å². The van der Waals surface area contributed by atoms with Crippen LogP contribution in [0, 0.1) is 30.6 Å². The lowest BCUT2D eigenvalue weighted by Gasteiger charge is -2.22. The van der Waals surface area contributed by atoms with Crippen molar-refractivity contribution in [2.45, 2.75) is 26.7 Å². The summed E-state index contributed by atoms with van der Waals surface area (Å²) in [6, 6.07) is 14.0. The summed E-state index contributed by atoms with van der Waals surface area (Å²) in [5, 5.41) is 0. The molecule has 4 atom stereocenters. The molecular weight excluding hydrogens is 432 g/mol. The number of esters is 1. The summed E-state index contributed by atoms with van der Waals surface area (Å²) < 4.78 is 5.52. The fourth-order valence-electron chi connectivity index (χ4n) is 5.10. The van der Waals surface area contributed by atoms with Crippen LogP contribution in [0.15, 0.2) is 60.7 Å². The van der Waals surface area contributed by atoms with Gasteiger partial charge in [-0.1, -0.05) is 36.8 Å². The molecule has 2 aromatic carbocycles. The average Bonchev–Trinajstić information content (AvgIpc) is 3.33. The van der Waals surface area contributed by atoms with Crippen LogP contribution in [0.4, 0.5) is 11.4 Å². The smallest absolute Gasteiger partial charge is 0.316 e. The summed E-state index contributed by atoms with van der Waals surface area (Å²) in [4.78, 5) is 53.8. The summed E-state index contributed by atoms with van der Waals surface area (Å²) in [5.74, 6) is -1.84. The molecule has 0 unspecified atom stereocenters. The fraction of sp³-hybridized carbons (Fsp3) is 0.333. The van der Waals surface area contributed by atoms with E-state index >= 15 is 0 Å². The van der Waals surface area contributed by atoms with Crippen LogP contribution in [-0.4, -0.2) is 30.2 Å². The van der Waals surface area contributed by atoms with Crippen LogP contribution in [0.25, 0.3) is 0 Å². The Balaban J connectivity index is 1.25. The second-order valence-corrected chi connectivity index (χ2v) is 9.32. The zero-order valence-electron chi connectivity index (χ0n) is 19.1. The fourth-order valence-corrected chi connectivity index (χ4v) is 5.10. The van der Waals surface area contributed by atoms with Crippen LogP contribution in [0.5, 0.6) is 5.75 Å². The van der Waals surface area contributed by atoms with E-state index in [0.717, 1.165) is 11.3 Å². The third-order valence-corrected chi connectivity index (χ3v) is 6.99. The van der Waals surface area contributed by atoms with E-state index in [1.54, 1.807) is 29.2 Å². The Morgan fingerprint density at radius 2 is 1.62 bits per heavy atom. The van der Waals surface area contributed by atoms with Crippen molar-refractivity contribution in [3.05, 3.63) is 66.2 Å². The maximum Gasteiger partial charge on any atom is 0.316 e. The van der Waals surface area contributed by atoms with Crippen molar-refractivity contribution in [2.24, 2.45) is 23.7 Å². The molecule has 2 aromatic rings. The van der Waals surface area contributed by atoms with Crippen molar-refractivity contribution in [2.75, 3.05) is 16.3 Å². The second kappa shape index (κ2) is 8.56. The highest BCUT2D eigenvalue weighted by Crippen LogP contribution is 2.40. The lowest BCUT2D eigenvalue weighted by molar-refractivity contribution is -0.139. The molecule has 2 aliphatic heterocycles. The molecule has 2 heterocycles. The molecule has 1 aliphatic carbocycles. The van der Waals surface area contributed by atoms with Gasteiger partial charge in [-0.15, -0.1) is 0 Å². The predicted molar refractivity (Wildman–Crippen MR) is 126 cm³/mol. The first kappa shape index (κ1) is 22.1. The van der Waals surface area contributed by atoms with Gasteiger partial charge in [0.2, 0.25) is 17.7 Å². The Morgan fingerprint density at radius 1 is 0.941 bits per heavy atom. The molecule has 0 bridgehead atoms. The molecule has 3 aliphatic rings. The number of carbonyl (C=O) groups excluding carboxylic acids is 4. The normalized spacial score (nSPS) is 26.2. The molecule has 7 heteroatoms. The molecule has 0 saturated carbocycles. The molecule has 0 radical (unpaired) electrons. The van der Waals surface area contributed by atoms with Crippen molar-refractivity contribution in [3.63, 3.8) is 0 Å². The van der Waals surface area contributed by atoms with Crippen LogP contribution in [-0.2, 0) is 19.2 Å². The summed E-state index contributed by atoms with van der Waals surface area (Å²) >= 11 is 0. The number of imide groups is 1. The van der Waals surface area contributed by atoms with Gasteiger partial charge in [-0.05, 0) is 55.7 Å². The molecule has 3 amide bonds. The first-order valence-corrected chi connectivity index (χ1v) is 11.6. The van der Waals surface area contributed by atoms with Crippen LogP contribution in [0.2, 0.25) is 0 Å². The Labute approximate surface area is 198 Å². The number of hydrogen-bond donors (Lipinski definition) is 0. The molecular formula is C27H26N2O5. The van der Waals surface area contributed by atoms with Crippen molar-refractivity contribution in [1.29, 1.82) is 0 Å². The number of allylic oxidation sites excluding steroid dienone is 2. The molecule has 5 rings (SSSR count). The number of benzene rings is 2. The number of carbonyl (C=O) groups is 4. The van der Waals surface area contributed by atoms with E-state index in [2.05, 4.69) is 0 Å². The van der Waals surface area contributed by atoms with Gasteiger partial charge >= 0.3 is 5.97 Å². The van der Waals surface area contributed by atoms with E-state index in [4.69, 9.17) is 4.74 Å². The summed E-state index contributed by atoms with van der Waals surface area (Å²) in [5.41, 5.74) is 2.33. The first-order chi connectivity index (χ1) is 16.3. The highest BCUT2D eigenvalue weighted by Gasteiger charge is 2.50. The number of amides is 3. The third kappa shape index (κ3) is 3.81. The van der Waals surface area contributed by atoms with Crippen molar-refractivity contribution >= 4 is 35.1 Å². The molecule has 0 spiro atoms. The Bertz CT molecular complexity index is 1180. The van der Waals surface area contributed by atoms with E-state index in [-0.39, 0.29) is 48.4 Å². The van der Waals surface area contributed by atoms with Crippen LogP contribution in [0.3, 0.4) is 0 Å². The Hall–Kier alpha value is -3.74. The summed E-state index contributed by atoms with van der Waals surface area (Å²) in [6.07, 6.45) is 4.63. The quantitative estimate of drug-likeness (QED) is 0.302. The summed E-state index contributed by atoms with van der Waals surface area (Å²) in [6.45, 7) is 4.20. The lowest BCUT2D eigenvalue weighted by Crippen LogP contribution is -2.31. The number of rotatable bonds is 4. The number of ether oxygens (including phenoxy) is 1. The first-order valence-electron chi connectivity index (χ1n) is 11.6. The SMILES string of the molecule is Cc1ccc(N2C[C@H](C(=O)Oc3ccc(N4C(=O)[C@H]5[C@H](C)C=CC[C@@H]5C4=O)cc3)CC2=O)cc1. The monoisotopic (exact) mass is 458 g/mol. The van der Waals surface area contributed by atoms with E-state index in [1.165, 1.54) is 4.90 Å². The minimum Gasteiger partial charge on any atom is -0.426 e. The van der Waals surface area contributed by atoms with Gasteiger partial charge in [0.1, 0.15) is 5.75 Å². The van der Waals surface area contributed by atoms with Crippen LogP contribution < -0.4 is 14.5 Å². The molecule has 34 heavy (non-hydrogen) atoms. The van der Waals surface area contributed by atoms with Gasteiger partial charge in [-0.2, -0.15) is 0 Å².